The molecule has 0 unspecified atom stereocenters. The third-order valence-corrected chi connectivity index (χ3v) is 2.73. The molecule has 84 valence electrons. The SMILES string of the molecule is NNc1nc2c(-c3ccccc3)cccc2[nH]1. The molecule has 0 bridgehead atoms. The van der Waals surface area contributed by atoms with E-state index in [1.807, 2.05) is 30.3 Å². The highest BCUT2D eigenvalue weighted by Crippen LogP contribution is 2.27. The van der Waals surface area contributed by atoms with Gasteiger partial charge in [0.15, 0.2) is 0 Å². The van der Waals surface area contributed by atoms with Gasteiger partial charge in [0.1, 0.15) is 0 Å². The largest absolute Gasteiger partial charge is 0.323 e. The second kappa shape index (κ2) is 3.92. The molecule has 0 saturated heterocycles. The number of aromatic nitrogens is 2. The van der Waals surface area contributed by atoms with Crippen LogP contribution >= 0.6 is 0 Å². The fourth-order valence-electron chi connectivity index (χ4n) is 1.95. The number of nitrogen functional groups attached to an aromatic ring is 1. The number of anilines is 1. The first-order chi connectivity index (χ1) is 8.38. The Morgan fingerprint density at radius 3 is 2.59 bits per heavy atom. The van der Waals surface area contributed by atoms with E-state index in [4.69, 9.17) is 5.84 Å². The Morgan fingerprint density at radius 2 is 1.82 bits per heavy atom. The van der Waals surface area contributed by atoms with E-state index in [2.05, 4.69) is 33.6 Å². The van der Waals surface area contributed by atoms with Crippen molar-refractivity contribution >= 4 is 17.0 Å². The predicted molar refractivity (Wildman–Crippen MR) is 69.3 cm³/mol. The highest BCUT2D eigenvalue weighted by molar-refractivity contribution is 5.93. The summed E-state index contributed by atoms with van der Waals surface area (Å²) in [6, 6.07) is 16.2. The molecule has 0 saturated carbocycles. The number of nitrogens with one attached hydrogen (secondary N) is 2. The van der Waals surface area contributed by atoms with Crippen molar-refractivity contribution in [2.45, 2.75) is 0 Å². The third kappa shape index (κ3) is 1.64. The Bertz CT molecular complexity index is 643. The zero-order chi connectivity index (χ0) is 11.7. The molecule has 3 aromatic rings. The molecule has 4 N–H and O–H groups in total. The zero-order valence-corrected chi connectivity index (χ0v) is 9.14. The zero-order valence-electron chi connectivity index (χ0n) is 9.14. The van der Waals surface area contributed by atoms with Crippen molar-refractivity contribution < 1.29 is 0 Å². The van der Waals surface area contributed by atoms with Crippen LogP contribution in [0.3, 0.4) is 0 Å². The van der Waals surface area contributed by atoms with Crippen LogP contribution < -0.4 is 11.3 Å². The molecule has 0 fully saturated rings. The van der Waals surface area contributed by atoms with Gasteiger partial charge in [-0.1, -0.05) is 42.5 Å². The number of rotatable bonds is 2. The second-order valence-electron chi connectivity index (χ2n) is 3.80. The van der Waals surface area contributed by atoms with E-state index in [1.165, 1.54) is 0 Å². The molecule has 0 aliphatic rings. The number of H-pyrrole nitrogens is 1. The van der Waals surface area contributed by atoms with Crippen LogP contribution in [0.1, 0.15) is 0 Å². The van der Waals surface area contributed by atoms with Gasteiger partial charge in [-0.3, -0.25) is 5.43 Å². The molecule has 0 aliphatic carbocycles. The third-order valence-electron chi connectivity index (χ3n) is 2.73. The molecule has 0 amide bonds. The Balaban J connectivity index is 2.26. The van der Waals surface area contributed by atoms with Crippen LogP contribution in [0, 0.1) is 0 Å². The summed E-state index contributed by atoms with van der Waals surface area (Å²) < 4.78 is 0. The summed E-state index contributed by atoms with van der Waals surface area (Å²) in [6.45, 7) is 0. The number of hydrogen-bond acceptors (Lipinski definition) is 3. The second-order valence-corrected chi connectivity index (χ2v) is 3.80. The summed E-state index contributed by atoms with van der Waals surface area (Å²) in [4.78, 5) is 7.52. The molecule has 1 heterocycles. The first-order valence-electron chi connectivity index (χ1n) is 5.39. The maximum atomic E-state index is 5.36. The molecular weight excluding hydrogens is 212 g/mol. The Morgan fingerprint density at radius 1 is 1.00 bits per heavy atom. The van der Waals surface area contributed by atoms with Crippen molar-refractivity contribution in [2.75, 3.05) is 5.43 Å². The van der Waals surface area contributed by atoms with Gasteiger partial charge in [0.25, 0.3) is 0 Å². The van der Waals surface area contributed by atoms with E-state index < -0.39 is 0 Å². The number of aromatic amines is 1. The lowest BCUT2D eigenvalue weighted by atomic mass is 10.0. The number of hydrogen-bond donors (Lipinski definition) is 3. The molecule has 4 heteroatoms. The van der Waals surface area contributed by atoms with Gasteiger partial charge >= 0.3 is 0 Å². The van der Waals surface area contributed by atoms with Gasteiger partial charge < -0.3 is 4.98 Å². The normalized spacial score (nSPS) is 10.6. The van der Waals surface area contributed by atoms with Gasteiger partial charge in [0.05, 0.1) is 11.0 Å². The fourth-order valence-corrected chi connectivity index (χ4v) is 1.95. The van der Waals surface area contributed by atoms with Crippen LogP contribution in [-0.2, 0) is 0 Å². The molecular formula is C13H12N4. The van der Waals surface area contributed by atoms with Crippen LogP contribution in [0.5, 0.6) is 0 Å². The standard InChI is InChI=1S/C13H12N4/c14-17-13-15-11-8-4-7-10(12(11)16-13)9-5-2-1-3-6-9/h1-8H,14H2,(H2,15,16,17). The van der Waals surface area contributed by atoms with Crippen LogP contribution in [0.15, 0.2) is 48.5 Å². The maximum Gasteiger partial charge on any atom is 0.215 e. The Kier molecular flexibility index (Phi) is 2.27. The van der Waals surface area contributed by atoms with Gasteiger partial charge in [-0.15, -0.1) is 0 Å². The Hall–Kier alpha value is -2.33. The number of nitrogens with zero attached hydrogens (tertiary/aromatic N) is 1. The van der Waals surface area contributed by atoms with Crippen molar-refractivity contribution in [1.29, 1.82) is 0 Å². The molecule has 17 heavy (non-hydrogen) atoms. The van der Waals surface area contributed by atoms with E-state index in [0.29, 0.717) is 5.95 Å². The molecule has 0 aliphatic heterocycles. The number of nitrogens with two attached hydrogens (primary N) is 1. The molecule has 0 radical (unpaired) electrons. The van der Waals surface area contributed by atoms with Crippen molar-refractivity contribution in [3.05, 3.63) is 48.5 Å². The first kappa shape index (κ1) is 9.86. The van der Waals surface area contributed by atoms with Gasteiger partial charge in [0, 0.05) is 5.56 Å². The summed E-state index contributed by atoms with van der Waals surface area (Å²) in [6.07, 6.45) is 0. The molecule has 0 atom stereocenters. The van der Waals surface area contributed by atoms with Crippen LogP contribution in [0.25, 0.3) is 22.2 Å². The minimum absolute atomic E-state index is 0.573. The summed E-state index contributed by atoms with van der Waals surface area (Å²) in [5.41, 5.74) is 6.67. The lowest BCUT2D eigenvalue weighted by Gasteiger charge is -2.01. The molecule has 0 spiro atoms. The van der Waals surface area contributed by atoms with Crippen LogP contribution in [0.2, 0.25) is 0 Å². The summed E-state index contributed by atoms with van der Waals surface area (Å²) in [5.74, 6) is 5.93. The van der Waals surface area contributed by atoms with Gasteiger partial charge in [-0.2, -0.15) is 0 Å². The van der Waals surface area contributed by atoms with Crippen molar-refractivity contribution in [3.63, 3.8) is 0 Å². The van der Waals surface area contributed by atoms with E-state index in [9.17, 15) is 0 Å². The summed E-state index contributed by atoms with van der Waals surface area (Å²) in [5, 5.41) is 0. The van der Waals surface area contributed by atoms with E-state index >= 15 is 0 Å². The molecule has 1 aromatic heterocycles. The first-order valence-corrected chi connectivity index (χ1v) is 5.39. The molecule has 4 nitrogen and oxygen atoms in total. The number of para-hydroxylation sites is 1. The van der Waals surface area contributed by atoms with Gasteiger partial charge in [-0.05, 0) is 11.6 Å². The van der Waals surface area contributed by atoms with Gasteiger partial charge in [0.2, 0.25) is 5.95 Å². The van der Waals surface area contributed by atoms with Crippen LogP contribution in [0.4, 0.5) is 5.95 Å². The monoisotopic (exact) mass is 224 g/mol. The van der Waals surface area contributed by atoms with Crippen molar-refractivity contribution in [1.82, 2.24) is 9.97 Å². The smallest absolute Gasteiger partial charge is 0.215 e. The number of benzene rings is 2. The topological polar surface area (TPSA) is 66.7 Å². The lowest BCUT2D eigenvalue weighted by molar-refractivity contribution is 1.21. The van der Waals surface area contributed by atoms with Crippen LogP contribution in [-0.4, -0.2) is 9.97 Å². The number of fused-ring (bicyclic) bond motifs is 1. The predicted octanol–water partition coefficient (Wildman–Crippen LogP) is 2.52. The fraction of sp³-hybridized carbons (Fsp3) is 0. The quantitative estimate of drug-likeness (QED) is 0.463. The van der Waals surface area contributed by atoms with Crippen molar-refractivity contribution in [2.24, 2.45) is 5.84 Å². The number of imidazole rings is 1. The minimum atomic E-state index is 0.573. The maximum absolute atomic E-state index is 5.36. The summed E-state index contributed by atoms with van der Waals surface area (Å²) in [7, 11) is 0. The summed E-state index contributed by atoms with van der Waals surface area (Å²) >= 11 is 0. The number of hydrazine groups is 1. The van der Waals surface area contributed by atoms with E-state index in [-0.39, 0.29) is 0 Å². The highest BCUT2D eigenvalue weighted by Gasteiger charge is 2.07. The van der Waals surface area contributed by atoms with Gasteiger partial charge in [-0.25, -0.2) is 10.8 Å². The Labute approximate surface area is 98.5 Å². The van der Waals surface area contributed by atoms with Crippen molar-refractivity contribution in [3.8, 4) is 11.1 Å². The average Bonchev–Trinajstić information content (AvgIpc) is 2.82. The lowest BCUT2D eigenvalue weighted by Crippen LogP contribution is -2.07. The molecule has 2 aromatic carbocycles. The van der Waals surface area contributed by atoms with E-state index in [1.54, 1.807) is 0 Å². The highest BCUT2D eigenvalue weighted by atomic mass is 15.3. The van der Waals surface area contributed by atoms with E-state index in [0.717, 1.165) is 22.2 Å². The average molecular weight is 224 g/mol. The molecule has 3 rings (SSSR count). The minimum Gasteiger partial charge on any atom is -0.323 e.